The summed E-state index contributed by atoms with van der Waals surface area (Å²) < 4.78 is 0. The van der Waals surface area contributed by atoms with Gasteiger partial charge in [-0.15, -0.1) is 0 Å². The Hall–Kier alpha value is -1.83. The molecule has 0 aromatic rings. The van der Waals surface area contributed by atoms with E-state index in [0.29, 0.717) is 45.7 Å². The van der Waals surface area contributed by atoms with Crippen LogP contribution in [-0.4, -0.2) is 89.6 Å². The van der Waals surface area contributed by atoms with Crippen LogP contribution in [0.15, 0.2) is 0 Å². The van der Waals surface area contributed by atoms with Crippen LogP contribution in [0.4, 0.5) is 4.79 Å². The van der Waals surface area contributed by atoms with Gasteiger partial charge in [0.05, 0.1) is 6.54 Å². The Morgan fingerprint density at radius 1 is 1.24 bits per heavy atom. The summed E-state index contributed by atoms with van der Waals surface area (Å²) in [6.07, 6.45) is 0.594. The molecule has 1 atom stereocenters. The third-order valence-electron chi connectivity index (χ3n) is 3.96. The van der Waals surface area contributed by atoms with Gasteiger partial charge in [0, 0.05) is 39.3 Å². The number of carbonyl (C=O) groups is 3. The van der Waals surface area contributed by atoms with Gasteiger partial charge in [0.25, 0.3) is 0 Å². The number of nitrogens with one attached hydrogen (secondary N) is 1. The van der Waals surface area contributed by atoms with Gasteiger partial charge in [-0.25, -0.2) is 4.79 Å². The van der Waals surface area contributed by atoms with Crippen molar-refractivity contribution in [3.8, 4) is 0 Å². The van der Waals surface area contributed by atoms with Crippen molar-refractivity contribution in [2.75, 3.05) is 45.8 Å². The van der Waals surface area contributed by atoms with Crippen LogP contribution >= 0.6 is 0 Å². The van der Waals surface area contributed by atoms with Gasteiger partial charge in [-0.1, -0.05) is 6.92 Å². The molecule has 0 aromatic carbocycles. The van der Waals surface area contributed by atoms with Crippen molar-refractivity contribution in [2.45, 2.75) is 19.4 Å². The summed E-state index contributed by atoms with van der Waals surface area (Å²) in [4.78, 5) is 40.2. The Balaban J connectivity index is 1.91. The third-order valence-corrected chi connectivity index (χ3v) is 3.96. The zero-order valence-electron chi connectivity index (χ0n) is 12.2. The van der Waals surface area contributed by atoms with E-state index in [9.17, 15) is 14.4 Å². The fraction of sp³-hybridized carbons (Fsp3) is 0.769. The van der Waals surface area contributed by atoms with Gasteiger partial charge in [-0.3, -0.25) is 14.5 Å². The quantitative estimate of drug-likeness (QED) is 0.698. The van der Waals surface area contributed by atoms with Gasteiger partial charge in [0.1, 0.15) is 6.04 Å². The Bertz CT molecular complexity index is 420. The SMILES string of the molecule is CCC1C(=O)NCCN1C(=O)N1CCN(CC(=O)O)CC1. The smallest absolute Gasteiger partial charge is 0.320 e. The lowest BCUT2D eigenvalue weighted by atomic mass is 10.1. The molecule has 8 heteroatoms. The van der Waals surface area contributed by atoms with Crippen LogP contribution in [0.3, 0.4) is 0 Å². The summed E-state index contributed by atoms with van der Waals surface area (Å²) in [6, 6.07) is -0.519. The van der Waals surface area contributed by atoms with E-state index in [2.05, 4.69) is 5.32 Å². The molecular weight excluding hydrogens is 276 g/mol. The first-order chi connectivity index (χ1) is 10.0. The summed E-state index contributed by atoms with van der Waals surface area (Å²) in [6.45, 7) is 5.01. The van der Waals surface area contributed by atoms with E-state index in [0.717, 1.165) is 0 Å². The Morgan fingerprint density at radius 3 is 2.48 bits per heavy atom. The summed E-state index contributed by atoms with van der Waals surface area (Å²) in [5.74, 6) is -0.949. The fourth-order valence-corrected chi connectivity index (χ4v) is 2.82. The Labute approximate surface area is 123 Å². The summed E-state index contributed by atoms with van der Waals surface area (Å²) in [7, 11) is 0. The maximum Gasteiger partial charge on any atom is 0.320 e. The van der Waals surface area contributed by atoms with Crippen LogP contribution in [0.1, 0.15) is 13.3 Å². The second-order valence-electron chi connectivity index (χ2n) is 5.35. The molecule has 118 valence electrons. The number of hydrogen-bond acceptors (Lipinski definition) is 4. The highest BCUT2D eigenvalue weighted by Gasteiger charge is 2.35. The number of urea groups is 1. The van der Waals surface area contributed by atoms with E-state index in [1.165, 1.54) is 0 Å². The monoisotopic (exact) mass is 298 g/mol. The van der Waals surface area contributed by atoms with Gasteiger partial charge in [0.15, 0.2) is 0 Å². The lowest BCUT2D eigenvalue weighted by Gasteiger charge is -2.41. The molecule has 2 aliphatic heterocycles. The average Bonchev–Trinajstić information content (AvgIpc) is 2.46. The van der Waals surface area contributed by atoms with E-state index >= 15 is 0 Å². The van der Waals surface area contributed by atoms with E-state index in [4.69, 9.17) is 5.11 Å². The minimum absolute atomic E-state index is 0.00569. The van der Waals surface area contributed by atoms with Crippen LogP contribution in [0.25, 0.3) is 0 Å². The van der Waals surface area contributed by atoms with Gasteiger partial charge in [0.2, 0.25) is 5.91 Å². The summed E-state index contributed by atoms with van der Waals surface area (Å²) in [5, 5.41) is 11.5. The molecule has 0 radical (unpaired) electrons. The lowest BCUT2D eigenvalue weighted by molar-refractivity contribution is -0.138. The van der Waals surface area contributed by atoms with Crippen molar-refractivity contribution in [3.05, 3.63) is 0 Å². The van der Waals surface area contributed by atoms with Crippen LogP contribution in [0.2, 0.25) is 0 Å². The highest BCUT2D eigenvalue weighted by atomic mass is 16.4. The topological polar surface area (TPSA) is 93.2 Å². The van der Waals surface area contributed by atoms with Crippen molar-refractivity contribution in [1.29, 1.82) is 0 Å². The lowest BCUT2D eigenvalue weighted by Crippen LogP contribution is -2.61. The molecule has 21 heavy (non-hydrogen) atoms. The molecule has 0 spiro atoms. The van der Waals surface area contributed by atoms with Gasteiger partial charge in [-0.05, 0) is 6.42 Å². The number of carbonyl (C=O) groups excluding carboxylic acids is 2. The number of hydrogen-bond donors (Lipinski definition) is 2. The summed E-state index contributed by atoms with van der Waals surface area (Å²) >= 11 is 0. The molecule has 0 aliphatic carbocycles. The first kappa shape index (κ1) is 15.6. The molecule has 2 aliphatic rings. The van der Waals surface area contributed by atoms with Crippen molar-refractivity contribution in [1.82, 2.24) is 20.0 Å². The average molecular weight is 298 g/mol. The largest absolute Gasteiger partial charge is 0.480 e. The minimum atomic E-state index is -0.853. The zero-order valence-corrected chi connectivity index (χ0v) is 12.2. The second-order valence-corrected chi connectivity index (χ2v) is 5.35. The highest BCUT2D eigenvalue weighted by molar-refractivity contribution is 5.88. The molecule has 2 heterocycles. The van der Waals surface area contributed by atoms with E-state index < -0.39 is 12.0 Å². The van der Waals surface area contributed by atoms with Crippen molar-refractivity contribution in [3.63, 3.8) is 0 Å². The predicted molar refractivity (Wildman–Crippen MR) is 74.8 cm³/mol. The van der Waals surface area contributed by atoms with Crippen molar-refractivity contribution >= 4 is 17.9 Å². The molecular formula is C13H22N4O4. The number of piperazine rings is 2. The number of nitrogens with zero attached hydrogens (tertiary/aromatic N) is 3. The molecule has 2 saturated heterocycles. The molecule has 3 amide bonds. The molecule has 2 fully saturated rings. The van der Waals surface area contributed by atoms with Crippen LogP contribution in [0, 0.1) is 0 Å². The van der Waals surface area contributed by atoms with Crippen molar-refractivity contribution in [2.24, 2.45) is 0 Å². The highest BCUT2D eigenvalue weighted by Crippen LogP contribution is 2.13. The predicted octanol–water partition coefficient (Wildman–Crippen LogP) is -0.981. The molecule has 0 bridgehead atoms. The second kappa shape index (κ2) is 6.75. The third kappa shape index (κ3) is 3.63. The molecule has 2 N–H and O–H groups in total. The molecule has 2 rings (SSSR count). The van der Waals surface area contributed by atoms with Crippen LogP contribution < -0.4 is 5.32 Å². The maximum absolute atomic E-state index is 12.5. The summed E-state index contributed by atoms with van der Waals surface area (Å²) in [5.41, 5.74) is 0. The molecule has 8 nitrogen and oxygen atoms in total. The number of rotatable bonds is 3. The van der Waals surface area contributed by atoms with Crippen molar-refractivity contribution < 1.29 is 19.5 Å². The minimum Gasteiger partial charge on any atom is -0.480 e. The molecule has 1 unspecified atom stereocenters. The number of aliphatic carboxylic acids is 1. The number of amides is 3. The van der Waals surface area contributed by atoms with Gasteiger partial charge in [-0.2, -0.15) is 0 Å². The van der Waals surface area contributed by atoms with E-state index in [1.807, 2.05) is 11.8 Å². The molecule has 0 aromatic heterocycles. The fourth-order valence-electron chi connectivity index (χ4n) is 2.82. The van der Waals surface area contributed by atoms with Gasteiger partial charge < -0.3 is 20.2 Å². The maximum atomic E-state index is 12.5. The Kier molecular flexibility index (Phi) is 5.00. The normalized spacial score (nSPS) is 23.9. The zero-order chi connectivity index (χ0) is 15.4. The van der Waals surface area contributed by atoms with Crippen LogP contribution in [0.5, 0.6) is 0 Å². The van der Waals surface area contributed by atoms with Crippen LogP contribution in [-0.2, 0) is 9.59 Å². The van der Waals surface area contributed by atoms with Gasteiger partial charge >= 0.3 is 12.0 Å². The first-order valence-electron chi connectivity index (χ1n) is 7.30. The van der Waals surface area contributed by atoms with E-state index in [-0.39, 0.29) is 18.5 Å². The first-order valence-corrected chi connectivity index (χ1v) is 7.30. The number of carboxylic acid groups (broad SMARTS) is 1. The number of carboxylic acids is 1. The standard InChI is InChI=1S/C13H22N4O4/c1-2-10-12(20)14-3-4-17(10)13(21)16-7-5-15(6-8-16)9-11(18)19/h10H,2-9H2,1H3,(H,14,20)(H,18,19). The molecule has 0 saturated carbocycles. The van der Waals surface area contributed by atoms with E-state index in [1.54, 1.807) is 9.80 Å². The Morgan fingerprint density at radius 2 is 1.90 bits per heavy atom.